The molecule has 0 aliphatic heterocycles. The Labute approximate surface area is 350 Å². The maximum absolute atomic E-state index is 6.53. The Morgan fingerprint density at radius 3 is 1.88 bits per heavy atom. The highest BCUT2D eigenvalue weighted by Crippen LogP contribution is 2.54. The van der Waals surface area contributed by atoms with Gasteiger partial charge in [0.2, 0.25) is 0 Å². The Balaban J connectivity index is 1.16. The minimum absolute atomic E-state index is 0.662. The third-order valence-electron chi connectivity index (χ3n) is 12.2. The molecule has 9 aromatic carbocycles. The lowest BCUT2D eigenvalue weighted by molar-refractivity contribution is 0.568. The molecule has 0 amide bonds. The number of para-hydroxylation sites is 2. The summed E-state index contributed by atoms with van der Waals surface area (Å²) in [6, 6.07) is 79.1. The second-order valence-electron chi connectivity index (χ2n) is 15.6. The van der Waals surface area contributed by atoms with Crippen molar-refractivity contribution in [1.82, 2.24) is 0 Å². The molecule has 284 valence electrons. The van der Waals surface area contributed by atoms with Gasteiger partial charge in [-0.15, -0.1) is 0 Å². The van der Waals surface area contributed by atoms with Crippen LogP contribution in [0.4, 0.5) is 11.4 Å². The van der Waals surface area contributed by atoms with Crippen molar-refractivity contribution < 1.29 is 4.42 Å². The molecule has 60 heavy (non-hydrogen) atoms. The highest BCUT2D eigenvalue weighted by molar-refractivity contribution is 6.09. The average Bonchev–Trinajstić information content (AvgIpc) is 3.72. The number of benzene rings is 9. The predicted molar refractivity (Wildman–Crippen MR) is 252 cm³/mol. The van der Waals surface area contributed by atoms with Crippen molar-refractivity contribution in [3.8, 4) is 33.4 Å². The number of furan rings is 1. The van der Waals surface area contributed by atoms with Gasteiger partial charge in [0.15, 0.2) is 0 Å². The summed E-state index contributed by atoms with van der Waals surface area (Å²) >= 11 is 0. The van der Waals surface area contributed by atoms with E-state index in [9.17, 15) is 0 Å². The number of allylic oxidation sites excluding steroid dienone is 2. The first-order valence-electron chi connectivity index (χ1n) is 20.7. The maximum atomic E-state index is 6.53. The van der Waals surface area contributed by atoms with Crippen LogP contribution in [-0.4, -0.2) is 0 Å². The van der Waals surface area contributed by atoms with Crippen molar-refractivity contribution in [2.75, 3.05) is 4.90 Å². The summed E-state index contributed by atoms with van der Waals surface area (Å²) in [4.78, 5) is 2.60. The molecule has 0 saturated heterocycles. The normalized spacial score (nSPS) is 15.0. The van der Waals surface area contributed by atoms with Crippen LogP contribution in [0.3, 0.4) is 0 Å². The van der Waals surface area contributed by atoms with E-state index < -0.39 is 5.54 Å². The summed E-state index contributed by atoms with van der Waals surface area (Å²) in [5.74, 6) is 0. The number of hydrogen-bond donors (Lipinski definition) is 0. The Morgan fingerprint density at radius 2 is 1.03 bits per heavy atom. The second kappa shape index (κ2) is 14.9. The molecule has 0 radical (unpaired) electrons. The smallest absolute Gasteiger partial charge is 0.143 e. The Hall–Kier alpha value is -7.68. The van der Waals surface area contributed by atoms with E-state index in [1.54, 1.807) is 0 Å². The molecule has 2 heteroatoms. The van der Waals surface area contributed by atoms with E-state index in [-0.39, 0.29) is 0 Å². The maximum Gasteiger partial charge on any atom is 0.143 e. The number of nitrogens with zero attached hydrogens (tertiary/aromatic N) is 1. The molecule has 11 rings (SSSR count). The van der Waals surface area contributed by atoms with Crippen molar-refractivity contribution in [2.45, 2.75) is 12.0 Å². The zero-order valence-electron chi connectivity index (χ0n) is 33.1. The molecule has 10 aromatic rings. The van der Waals surface area contributed by atoms with Crippen LogP contribution in [0.25, 0.3) is 71.7 Å². The molecule has 1 aliphatic rings. The molecule has 1 heterocycles. The fraction of sp³-hybridized carbons (Fsp3) is 0.0345. The number of hydrogen-bond acceptors (Lipinski definition) is 2. The molecular weight excluding hydrogens is 727 g/mol. The van der Waals surface area contributed by atoms with Gasteiger partial charge in [0, 0.05) is 27.7 Å². The van der Waals surface area contributed by atoms with Gasteiger partial charge in [-0.05, 0) is 98.1 Å². The monoisotopic (exact) mass is 767 g/mol. The lowest BCUT2D eigenvalue weighted by Gasteiger charge is -2.49. The van der Waals surface area contributed by atoms with Crippen LogP contribution in [0.15, 0.2) is 241 Å². The summed E-state index contributed by atoms with van der Waals surface area (Å²) in [5.41, 5.74) is 13.9. The molecule has 0 spiro atoms. The first-order valence-corrected chi connectivity index (χ1v) is 20.7. The van der Waals surface area contributed by atoms with Gasteiger partial charge in [0.1, 0.15) is 16.7 Å². The van der Waals surface area contributed by atoms with E-state index in [4.69, 9.17) is 4.42 Å². The van der Waals surface area contributed by atoms with Gasteiger partial charge in [-0.3, -0.25) is 0 Å². The van der Waals surface area contributed by atoms with Crippen LogP contribution >= 0.6 is 0 Å². The van der Waals surface area contributed by atoms with E-state index in [0.717, 1.165) is 50.9 Å². The van der Waals surface area contributed by atoms with Gasteiger partial charge in [0.05, 0.1) is 0 Å². The van der Waals surface area contributed by atoms with E-state index in [0.29, 0.717) is 0 Å². The summed E-state index contributed by atoms with van der Waals surface area (Å²) < 4.78 is 6.53. The van der Waals surface area contributed by atoms with Crippen LogP contribution < -0.4 is 4.90 Å². The highest BCUT2D eigenvalue weighted by atomic mass is 16.3. The molecule has 0 bridgehead atoms. The van der Waals surface area contributed by atoms with Crippen LogP contribution in [0, 0.1) is 0 Å². The van der Waals surface area contributed by atoms with Gasteiger partial charge in [0.25, 0.3) is 0 Å². The first-order chi connectivity index (χ1) is 29.7. The van der Waals surface area contributed by atoms with Crippen molar-refractivity contribution in [3.63, 3.8) is 0 Å². The lowest BCUT2D eigenvalue weighted by atomic mass is 9.70. The fourth-order valence-corrected chi connectivity index (χ4v) is 9.45. The minimum Gasteiger partial charge on any atom is -0.455 e. The summed E-state index contributed by atoms with van der Waals surface area (Å²) in [5, 5.41) is 4.73. The van der Waals surface area contributed by atoms with Gasteiger partial charge in [-0.2, -0.15) is 0 Å². The van der Waals surface area contributed by atoms with E-state index >= 15 is 0 Å². The molecular formula is C58H41NO. The zero-order chi connectivity index (χ0) is 39.9. The molecule has 0 saturated carbocycles. The third kappa shape index (κ3) is 6.04. The van der Waals surface area contributed by atoms with Crippen molar-refractivity contribution in [2.24, 2.45) is 0 Å². The van der Waals surface area contributed by atoms with E-state index in [1.165, 1.54) is 49.7 Å². The predicted octanol–water partition coefficient (Wildman–Crippen LogP) is 15.8. The largest absolute Gasteiger partial charge is 0.455 e. The molecule has 0 fully saturated rings. The van der Waals surface area contributed by atoms with Gasteiger partial charge in [-0.25, -0.2) is 0 Å². The molecule has 1 atom stereocenters. The second-order valence-corrected chi connectivity index (χ2v) is 15.6. The molecule has 1 unspecified atom stereocenters. The number of anilines is 2. The zero-order valence-corrected chi connectivity index (χ0v) is 33.1. The Morgan fingerprint density at radius 1 is 0.417 bits per heavy atom. The first kappa shape index (κ1) is 35.5. The number of fused-ring (bicyclic) bond motifs is 4. The minimum atomic E-state index is -0.662. The standard InChI is InChI=1S/C58H41NO/c1-3-18-42(19-4-1)50-25-9-11-30-55(50)58(38-14-13-29-54(58)44-20-5-2-6-21-44)59(49-24-15-23-46(40-49)47-33-32-41-17-7-8-22-45(41)39-47)48-36-34-43(35-37-48)51-27-16-28-53-52-26-10-12-31-56(52)60-57(51)53/h1-37,39-40H,38H2. The Kier molecular flexibility index (Phi) is 8.82. The Bertz CT molecular complexity index is 3230. The summed E-state index contributed by atoms with van der Waals surface area (Å²) in [6.45, 7) is 0. The lowest BCUT2D eigenvalue weighted by Crippen LogP contribution is -2.45. The van der Waals surface area contributed by atoms with E-state index in [2.05, 4.69) is 235 Å². The molecule has 2 nitrogen and oxygen atoms in total. The summed E-state index contributed by atoms with van der Waals surface area (Å²) in [6.07, 6.45) is 7.65. The van der Waals surface area contributed by atoms with Crippen molar-refractivity contribution in [1.29, 1.82) is 0 Å². The quantitative estimate of drug-likeness (QED) is 0.153. The van der Waals surface area contributed by atoms with Crippen molar-refractivity contribution >= 4 is 49.7 Å². The SMILES string of the molecule is C1=CCC(c2ccccc2-c2ccccc2)(N(c2ccc(-c3cccc4c3oc3ccccc34)cc2)c2cccc(-c3ccc4ccccc4c3)c2)C(c2ccccc2)=C1. The third-order valence-corrected chi connectivity index (χ3v) is 12.2. The van der Waals surface area contributed by atoms with E-state index in [1.807, 2.05) is 6.07 Å². The van der Waals surface area contributed by atoms with Gasteiger partial charge >= 0.3 is 0 Å². The van der Waals surface area contributed by atoms with Crippen molar-refractivity contribution in [3.05, 3.63) is 248 Å². The molecule has 1 aliphatic carbocycles. The van der Waals surface area contributed by atoms with Gasteiger partial charge in [-0.1, -0.05) is 200 Å². The van der Waals surface area contributed by atoms with Gasteiger partial charge < -0.3 is 9.32 Å². The van der Waals surface area contributed by atoms with Crippen LogP contribution in [-0.2, 0) is 5.54 Å². The van der Waals surface area contributed by atoms with Crippen LogP contribution in [0.5, 0.6) is 0 Å². The molecule has 1 aromatic heterocycles. The molecule has 0 N–H and O–H groups in total. The summed E-state index contributed by atoms with van der Waals surface area (Å²) in [7, 11) is 0. The average molecular weight is 768 g/mol. The van der Waals surface area contributed by atoms with Crippen LogP contribution in [0.2, 0.25) is 0 Å². The number of rotatable bonds is 8. The fourth-order valence-electron chi connectivity index (χ4n) is 9.45. The van der Waals surface area contributed by atoms with Crippen LogP contribution in [0.1, 0.15) is 17.5 Å². The highest BCUT2D eigenvalue weighted by Gasteiger charge is 2.45. The topological polar surface area (TPSA) is 16.4 Å².